The van der Waals surface area contributed by atoms with Crippen LogP contribution in [0.5, 0.6) is 0 Å². The van der Waals surface area contributed by atoms with E-state index in [1.165, 1.54) is 0 Å². The Morgan fingerprint density at radius 1 is 1.21 bits per heavy atom. The maximum absolute atomic E-state index is 14.7. The molecule has 0 radical (unpaired) electrons. The zero-order valence-corrected chi connectivity index (χ0v) is 24.8. The van der Waals surface area contributed by atoms with Crippen molar-refractivity contribution in [2.75, 3.05) is 31.1 Å². The molecule has 2 bridgehead atoms. The summed E-state index contributed by atoms with van der Waals surface area (Å²) in [6.45, 7) is 18.7. The molecule has 4 rings (SSSR count). The van der Waals surface area contributed by atoms with Crippen LogP contribution in [0.15, 0.2) is 43.5 Å². The SMILES string of the molecule is C=CCN(CCC)C(=O)[C@@H]1[C@H]2C(=O)N([C@H](C)CO)C(C(=O)N(CC=C)c3cc(C)ccc3C)C23CC[C@@]1(C)S3. The lowest BCUT2D eigenvalue weighted by atomic mass is 9.66. The molecular weight excluding hydrogens is 510 g/mol. The Labute approximate surface area is 237 Å². The fourth-order valence-corrected chi connectivity index (χ4v) is 9.42. The number of hydrogen-bond acceptors (Lipinski definition) is 5. The molecule has 39 heavy (non-hydrogen) atoms. The quantitative estimate of drug-likeness (QED) is 0.417. The van der Waals surface area contributed by atoms with Gasteiger partial charge in [0.1, 0.15) is 6.04 Å². The molecular formula is C31H43N3O4S. The van der Waals surface area contributed by atoms with Crippen molar-refractivity contribution in [1.29, 1.82) is 0 Å². The first-order valence-corrected chi connectivity index (χ1v) is 14.8. The van der Waals surface area contributed by atoms with Gasteiger partial charge in [-0.25, -0.2) is 0 Å². The van der Waals surface area contributed by atoms with E-state index in [4.69, 9.17) is 0 Å². The van der Waals surface area contributed by atoms with Gasteiger partial charge in [-0.05, 0) is 64.2 Å². The Hall–Kier alpha value is -2.58. The third-order valence-corrected chi connectivity index (χ3v) is 10.8. The number of aliphatic hydroxyl groups is 1. The minimum absolute atomic E-state index is 0.0335. The van der Waals surface area contributed by atoms with Crippen LogP contribution in [0.3, 0.4) is 0 Å². The molecule has 1 aromatic rings. The molecule has 212 valence electrons. The highest BCUT2D eigenvalue weighted by atomic mass is 32.2. The van der Waals surface area contributed by atoms with Gasteiger partial charge in [-0.2, -0.15) is 0 Å². The first-order valence-electron chi connectivity index (χ1n) is 14.0. The number of likely N-dealkylation sites (tertiary alicyclic amines) is 1. The summed E-state index contributed by atoms with van der Waals surface area (Å²) in [5.74, 6) is -1.56. The van der Waals surface area contributed by atoms with Crippen LogP contribution >= 0.6 is 11.8 Å². The van der Waals surface area contributed by atoms with E-state index >= 15 is 0 Å². The number of aliphatic hydroxyl groups excluding tert-OH is 1. The highest BCUT2D eigenvalue weighted by molar-refractivity contribution is 8.02. The number of anilines is 1. The van der Waals surface area contributed by atoms with Crippen molar-refractivity contribution in [3.8, 4) is 0 Å². The number of carbonyl (C=O) groups excluding carboxylic acids is 3. The number of aryl methyl sites for hydroxylation is 2. The van der Waals surface area contributed by atoms with Gasteiger partial charge in [0, 0.05) is 30.1 Å². The maximum Gasteiger partial charge on any atom is 0.251 e. The number of hydrogen-bond donors (Lipinski definition) is 1. The second-order valence-corrected chi connectivity index (χ2v) is 13.5. The Kier molecular flexibility index (Phi) is 8.39. The summed E-state index contributed by atoms with van der Waals surface area (Å²) < 4.78 is -1.18. The van der Waals surface area contributed by atoms with Crippen molar-refractivity contribution < 1.29 is 19.5 Å². The Morgan fingerprint density at radius 3 is 2.51 bits per heavy atom. The Morgan fingerprint density at radius 2 is 1.90 bits per heavy atom. The topological polar surface area (TPSA) is 81.2 Å². The molecule has 1 N–H and O–H groups in total. The molecule has 3 aliphatic heterocycles. The van der Waals surface area contributed by atoms with Crippen LogP contribution in [0.25, 0.3) is 0 Å². The highest BCUT2D eigenvalue weighted by Crippen LogP contribution is 2.72. The number of carbonyl (C=O) groups is 3. The molecule has 1 aromatic carbocycles. The third kappa shape index (κ3) is 4.63. The number of thioether (sulfide) groups is 1. The standard InChI is InChI=1S/C31H43N3O4S/c1-8-15-32(16-9-2)27(36)24-25-28(37)34(22(6)19-35)26(31(25)14-13-30(24,7)39-31)29(38)33(17-10-3)23-18-20(4)11-12-21(23)5/h8,10-12,18,22,24-26,35H,1,3,9,13-17,19H2,2,4-7H3/t22-,24+,25+,26?,30-,31?/m1/s1. The van der Waals surface area contributed by atoms with Crippen molar-refractivity contribution >= 4 is 35.2 Å². The number of amides is 3. The van der Waals surface area contributed by atoms with Crippen LogP contribution < -0.4 is 4.90 Å². The zero-order valence-electron chi connectivity index (χ0n) is 24.0. The van der Waals surface area contributed by atoms with E-state index in [1.54, 1.807) is 45.5 Å². The summed E-state index contributed by atoms with van der Waals surface area (Å²) in [5.41, 5.74) is 2.78. The van der Waals surface area contributed by atoms with Gasteiger partial charge in [0.2, 0.25) is 11.8 Å². The second-order valence-electron chi connectivity index (χ2n) is 11.6. The normalized spacial score (nSPS) is 29.7. The monoisotopic (exact) mass is 553 g/mol. The molecule has 0 aromatic heterocycles. The molecule has 3 saturated heterocycles. The second kappa shape index (κ2) is 11.1. The van der Waals surface area contributed by atoms with Gasteiger partial charge in [0.05, 0.1) is 29.2 Å². The molecule has 3 aliphatic rings. The molecule has 7 nitrogen and oxygen atoms in total. The average molecular weight is 554 g/mol. The minimum atomic E-state index is -0.791. The molecule has 1 spiro atoms. The van der Waals surface area contributed by atoms with E-state index in [2.05, 4.69) is 20.1 Å². The molecule has 0 saturated carbocycles. The maximum atomic E-state index is 14.7. The van der Waals surface area contributed by atoms with Gasteiger partial charge in [-0.15, -0.1) is 24.9 Å². The number of fused-ring (bicyclic) bond motifs is 1. The molecule has 2 unspecified atom stereocenters. The smallest absolute Gasteiger partial charge is 0.251 e. The molecule has 6 atom stereocenters. The fraction of sp³-hybridized carbons (Fsp3) is 0.581. The Balaban J connectivity index is 1.84. The number of nitrogens with zero attached hydrogens (tertiary/aromatic N) is 3. The van der Waals surface area contributed by atoms with E-state index in [0.717, 1.165) is 29.7 Å². The summed E-state index contributed by atoms with van der Waals surface area (Å²) >= 11 is 1.66. The summed E-state index contributed by atoms with van der Waals surface area (Å²) in [6.07, 6.45) is 5.66. The third-order valence-electron chi connectivity index (χ3n) is 8.84. The molecule has 3 amide bonds. The van der Waals surface area contributed by atoms with Crippen LogP contribution in [-0.2, 0) is 14.4 Å². The van der Waals surface area contributed by atoms with Gasteiger partial charge in [-0.3, -0.25) is 14.4 Å². The van der Waals surface area contributed by atoms with Gasteiger partial charge in [-0.1, -0.05) is 31.2 Å². The van der Waals surface area contributed by atoms with Gasteiger partial charge in [0.15, 0.2) is 0 Å². The predicted octanol–water partition coefficient (Wildman–Crippen LogP) is 4.11. The molecule has 3 fully saturated rings. The summed E-state index contributed by atoms with van der Waals surface area (Å²) in [6, 6.07) is 4.66. The average Bonchev–Trinajstić information content (AvgIpc) is 3.48. The van der Waals surface area contributed by atoms with Crippen molar-refractivity contribution in [1.82, 2.24) is 9.80 Å². The lowest BCUT2D eigenvalue weighted by Crippen LogP contribution is -2.57. The molecule has 8 heteroatoms. The lowest BCUT2D eigenvalue weighted by Gasteiger charge is -2.39. The number of benzene rings is 1. The van der Waals surface area contributed by atoms with E-state index in [9.17, 15) is 19.5 Å². The van der Waals surface area contributed by atoms with E-state index in [0.29, 0.717) is 26.1 Å². The number of rotatable bonds is 11. The molecule has 3 heterocycles. The van der Waals surface area contributed by atoms with Crippen LogP contribution in [0.4, 0.5) is 5.69 Å². The van der Waals surface area contributed by atoms with Crippen LogP contribution in [0, 0.1) is 25.7 Å². The summed E-state index contributed by atoms with van der Waals surface area (Å²) in [7, 11) is 0. The van der Waals surface area contributed by atoms with Crippen LogP contribution in [0.2, 0.25) is 0 Å². The largest absolute Gasteiger partial charge is 0.394 e. The van der Waals surface area contributed by atoms with Crippen molar-refractivity contribution in [3.63, 3.8) is 0 Å². The fourth-order valence-electron chi connectivity index (χ4n) is 7.09. The highest BCUT2D eigenvalue weighted by Gasteiger charge is 2.77. The van der Waals surface area contributed by atoms with Crippen LogP contribution in [0.1, 0.15) is 51.2 Å². The zero-order chi connectivity index (χ0) is 28.7. The van der Waals surface area contributed by atoms with E-state index < -0.39 is 33.4 Å². The molecule has 0 aliphatic carbocycles. The Bertz CT molecular complexity index is 1170. The van der Waals surface area contributed by atoms with Crippen molar-refractivity contribution in [2.45, 2.75) is 75.5 Å². The first kappa shape index (κ1) is 29.4. The van der Waals surface area contributed by atoms with Crippen molar-refractivity contribution in [2.24, 2.45) is 11.8 Å². The predicted molar refractivity (Wildman–Crippen MR) is 158 cm³/mol. The van der Waals surface area contributed by atoms with Gasteiger partial charge in [0.25, 0.3) is 5.91 Å². The first-order chi connectivity index (χ1) is 18.5. The van der Waals surface area contributed by atoms with Gasteiger partial charge >= 0.3 is 0 Å². The summed E-state index contributed by atoms with van der Waals surface area (Å²) in [5, 5.41) is 10.2. The van der Waals surface area contributed by atoms with Crippen LogP contribution in [-0.4, -0.2) is 80.4 Å². The van der Waals surface area contributed by atoms with Gasteiger partial charge < -0.3 is 19.8 Å². The van der Waals surface area contributed by atoms with Crippen molar-refractivity contribution in [3.05, 3.63) is 54.6 Å². The van der Waals surface area contributed by atoms with E-state index in [1.807, 2.05) is 39.0 Å². The minimum Gasteiger partial charge on any atom is -0.394 e. The lowest BCUT2D eigenvalue weighted by molar-refractivity contribution is -0.146. The summed E-state index contributed by atoms with van der Waals surface area (Å²) in [4.78, 5) is 48.3. The van der Waals surface area contributed by atoms with E-state index in [-0.39, 0.29) is 24.3 Å².